The van der Waals surface area contributed by atoms with E-state index in [-0.39, 0.29) is 22.9 Å². The lowest BCUT2D eigenvalue weighted by Crippen LogP contribution is -2.30. The highest BCUT2D eigenvalue weighted by atomic mass is 32.2. The molecule has 230 valence electrons. The van der Waals surface area contributed by atoms with Crippen molar-refractivity contribution in [3.05, 3.63) is 148 Å². The van der Waals surface area contributed by atoms with E-state index >= 15 is 0 Å². The molecule has 0 aliphatic rings. The number of amides is 3. The summed E-state index contributed by atoms with van der Waals surface area (Å²) in [7, 11) is 0. The maximum Gasteiger partial charge on any atom is 0.276 e. The van der Waals surface area contributed by atoms with E-state index in [1.807, 2.05) is 55.5 Å². The summed E-state index contributed by atoms with van der Waals surface area (Å²) in [6.45, 7) is 1.93. The van der Waals surface area contributed by atoms with E-state index in [0.29, 0.717) is 23.4 Å². The van der Waals surface area contributed by atoms with Gasteiger partial charge in [-0.1, -0.05) is 73.7 Å². The van der Waals surface area contributed by atoms with Gasteiger partial charge in [0.15, 0.2) is 0 Å². The molecule has 46 heavy (non-hydrogen) atoms. The number of rotatable bonds is 11. The fraction of sp³-hybridized carbons (Fsp3) is 0.0833. The van der Waals surface area contributed by atoms with Crippen molar-refractivity contribution >= 4 is 63.4 Å². The number of hydrogen-bond acceptors (Lipinski definition) is 6. The average molecular weight is 631 g/mol. The first kappa shape index (κ1) is 31.7. The number of carbonyl (C=O) groups is 3. The normalized spacial score (nSPS) is 11.8. The predicted octanol–water partition coefficient (Wildman–Crippen LogP) is 7.67. The second-order valence-electron chi connectivity index (χ2n) is 10.2. The van der Waals surface area contributed by atoms with E-state index in [2.05, 4.69) is 16.0 Å². The molecule has 0 aliphatic heterocycles. The summed E-state index contributed by atoms with van der Waals surface area (Å²) in [5.41, 5.74) is 1.20. The van der Waals surface area contributed by atoms with Gasteiger partial charge in [-0.2, -0.15) is 0 Å². The number of nitrogens with zero attached hydrogens (tertiary/aromatic N) is 1. The van der Waals surface area contributed by atoms with Crippen molar-refractivity contribution in [2.75, 3.05) is 10.6 Å². The Balaban J connectivity index is 1.33. The molecular formula is C36H30N4O5S. The summed E-state index contributed by atoms with van der Waals surface area (Å²) in [5.74, 6) is -1.37. The smallest absolute Gasteiger partial charge is 0.276 e. The molecule has 1 unspecified atom stereocenters. The molecule has 1 atom stereocenters. The van der Waals surface area contributed by atoms with Crippen LogP contribution in [0.1, 0.15) is 29.3 Å². The third-order valence-corrected chi connectivity index (χ3v) is 8.37. The lowest BCUT2D eigenvalue weighted by Gasteiger charge is -2.16. The molecule has 3 amide bonds. The topological polar surface area (TPSA) is 130 Å². The first-order valence-corrected chi connectivity index (χ1v) is 15.4. The molecule has 0 radical (unpaired) electrons. The van der Waals surface area contributed by atoms with Crippen LogP contribution in [0.4, 0.5) is 17.1 Å². The maximum atomic E-state index is 13.5. The number of nitro benzene ring substituents is 1. The zero-order valence-electron chi connectivity index (χ0n) is 24.8. The predicted molar refractivity (Wildman–Crippen MR) is 183 cm³/mol. The summed E-state index contributed by atoms with van der Waals surface area (Å²) in [6.07, 6.45) is 1.84. The lowest BCUT2D eigenvalue weighted by atomic mass is 10.1. The van der Waals surface area contributed by atoms with Crippen LogP contribution in [-0.4, -0.2) is 27.9 Å². The van der Waals surface area contributed by atoms with Gasteiger partial charge in [0.25, 0.3) is 17.5 Å². The van der Waals surface area contributed by atoms with Gasteiger partial charge in [0.2, 0.25) is 5.91 Å². The number of anilines is 2. The van der Waals surface area contributed by atoms with Gasteiger partial charge in [-0.3, -0.25) is 24.5 Å². The number of nitrogens with one attached hydrogen (secondary N) is 3. The van der Waals surface area contributed by atoms with Crippen LogP contribution in [0.2, 0.25) is 0 Å². The van der Waals surface area contributed by atoms with Crippen molar-refractivity contribution in [3.63, 3.8) is 0 Å². The highest BCUT2D eigenvalue weighted by Crippen LogP contribution is 2.29. The molecule has 0 fully saturated rings. The fourth-order valence-electron chi connectivity index (χ4n) is 4.70. The molecular weight excluding hydrogens is 600 g/mol. The highest BCUT2D eigenvalue weighted by molar-refractivity contribution is 8.00. The first-order chi connectivity index (χ1) is 22.3. The molecule has 5 rings (SSSR count). The van der Waals surface area contributed by atoms with E-state index in [1.165, 1.54) is 36.0 Å². The number of nitro groups is 1. The van der Waals surface area contributed by atoms with E-state index in [1.54, 1.807) is 54.6 Å². The maximum absolute atomic E-state index is 13.5. The Kier molecular flexibility index (Phi) is 10.2. The minimum atomic E-state index is -0.675. The van der Waals surface area contributed by atoms with Crippen LogP contribution >= 0.6 is 11.8 Å². The molecule has 0 aliphatic carbocycles. The second kappa shape index (κ2) is 14.8. The minimum Gasteiger partial charge on any atom is -0.325 e. The molecule has 0 spiro atoms. The first-order valence-electron chi connectivity index (χ1n) is 14.5. The van der Waals surface area contributed by atoms with Crippen LogP contribution in [0.5, 0.6) is 0 Å². The zero-order chi connectivity index (χ0) is 32.5. The number of hydrogen-bond donors (Lipinski definition) is 3. The molecule has 0 bridgehead atoms. The number of para-hydroxylation sites is 1. The summed E-state index contributed by atoms with van der Waals surface area (Å²) in [6, 6.07) is 35.0. The molecule has 0 heterocycles. The fourth-order valence-corrected chi connectivity index (χ4v) is 5.71. The van der Waals surface area contributed by atoms with Crippen LogP contribution in [0.15, 0.2) is 132 Å². The Morgan fingerprint density at radius 3 is 2.24 bits per heavy atom. The molecule has 3 N–H and O–H groups in total. The summed E-state index contributed by atoms with van der Waals surface area (Å²) in [5, 5.41) is 21.7. The van der Waals surface area contributed by atoms with Gasteiger partial charge in [-0.05, 0) is 71.8 Å². The molecule has 0 saturated heterocycles. The second-order valence-corrected chi connectivity index (χ2v) is 11.5. The molecule has 0 aromatic heterocycles. The van der Waals surface area contributed by atoms with E-state index in [9.17, 15) is 24.5 Å². The van der Waals surface area contributed by atoms with Crippen molar-refractivity contribution in [2.24, 2.45) is 0 Å². The van der Waals surface area contributed by atoms with Crippen LogP contribution in [0, 0.1) is 10.1 Å². The highest BCUT2D eigenvalue weighted by Gasteiger charge is 2.21. The molecule has 5 aromatic rings. The quantitative estimate of drug-likeness (QED) is 0.0594. The van der Waals surface area contributed by atoms with Crippen LogP contribution in [0.25, 0.3) is 16.8 Å². The van der Waals surface area contributed by atoms with Crippen molar-refractivity contribution in [3.8, 4) is 0 Å². The standard InChI is InChI=1S/C36H30N4O5S/c1-2-33(36(43)38-29-20-19-24-11-6-7-14-26(24)21-29)46-30-17-10-16-28(23-30)37-35(42)31(39-34(41)25-12-4-3-5-13-25)22-27-15-8-9-18-32(27)40(44)45/h3-23,33H,2H2,1H3,(H,37,42)(H,38,43)(H,39,41)/b31-22+. The SMILES string of the molecule is CCC(Sc1cccc(NC(=O)/C(=C\c2ccccc2[N+](=O)[O-])NC(=O)c2ccccc2)c1)C(=O)Nc1ccc2ccccc2c1. The third kappa shape index (κ3) is 8.04. The van der Waals surface area contributed by atoms with E-state index in [0.717, 1.165) is 15.7 Å². The molecule has 5 aromatic carbocycles. The third-order valence-electron chi connectivity index (χ3n) is 7.01. The number of benzene rings is 5. The van der Waals surface area contributed by atoms with Gasteiger partial charge < -0.3 is 16.0 Å². The number of thioether (sulfide) groups is 1. The van der Waals surface area contributed by atoms with Crippen molar-refractivity contribution in [1.29, 1.82) is 0 Å². The Bertz CT molecular complexity index is 1940. The van der Waals surface area contributed by atoms with Gasteiger partial charge in [0.05, 0.1) is 15.7 Å². The number of fused-ring (bicyclic) bond motifs is 1. The van der Waals surface area contributed by atoms with Crippen molar-refractivity contribution in [1.82, 2.24) is 5.32 Å². The summed E-state index contributed by atoms with van der Waals surface area (Å²) >= 11 is 1.36. The van der Waals surface area contributed by atoms with Gasteiger partial charge in [0, 0.05) is 27.9 Å². The van der Waals surface area contributed by atoms with Crippen molar-refractivity contribution in [2.45, 2.75) is 23.5 Å². The van der Waals surface area contributed by atoms with Crippen LogP contribution in [-0.2, 0) is 9.59 Å². The van der Waals surface area contributed by atoms with Gasteiger partial charge in [0.1, 0.15) is 5.70 Å². The number of carbonyl (C=O) groups excluding carboxylic acids is 3. The van der Waals surface area contributed by atoms with Gasteiger partial charge in [-0.25, -0.2) is 0 Å². The van der Waals surface area contributed by atoms with E-state index in [4.69, 9.17) is 0 Å². The Morgan fingerprint density at radius 2 is 1.48 bits per heavy atom. The molecule has 10 heteroatoms. The molecule has 0 saturated carbocycles. The Morgan fingerprint density at radius 1 is 0.783 bits per heavy atom. The monoisotopic (exact) mass is 630 g/mol. The van der Waals surface area contributed by atoms with Gasteiger partial charge in [-0.15, -0.1) is 11.8 Å². The van der Waals surface area contributed by atoms with Crippen LogP contribution in [0.3, 0.4) is 0 Å². The molecule has 9 nitrogen and oxygen atoms in total. The summed E-state index contributed by atoms with van der Waals surface area (Å²) < 4.78 is 0. The summed E-state index contributed by atoms with van der Waals surface area (Å²) in [4.78, 5) is 51.5. The van der Waals surface area contributed by atoms with Gasteiger partial charge >= 0.3 is 0 Å². The lowest BCUT2D eigenvalue weighted by molar-refractivity contribution is -0.385. The van der Waals surface area contributed by atoms with Crippen LogP contribution < -0.4 is 16.0 Å². The Hall–Kier alpha value is -5.74. The average Bonchev–Trinajstić information content (AvgIpc) is 3.07. The van der Waals surface area contributed by atoms with Crippen molar-refractivity contribution < 1.29 is 19.3 Å². The largest absolute Gasteiger partial charge is 0.325 e. The zero-order valence-corrected chi connectivity index (χ0v) is 25.6. The Labute approximate surface area is 269 Å². The van der Waals surface area contributed by atoms with E-state index < -0.39 is 22.0 Å². The minimum absolute atomic E-state index is 0.143.